The van der Waals surface area contributed by atoms with Crippen LogP contribution in [0.3, 0.4) is 0 Å². The molecule has 216 valence electrons. The summed E-state index contributed by atoms with van der Waals surface area (Å²) in [5, 5.41) is 25.5. The van der Waals surface area contributed by atoms with E-state index < -0.39 is 0 Å². The van der Waals surface area contributed by atoms with E-state index in [-0.39, 0.29) is 17.7 Å². The molecule has 0 bridgehead atoms. The van der Waals surface area contributed by atoms with Gasteiger partial charge in [-0.2, -0.15) is 5.26 Å². The number of phenolic OH excluding ortho intramolecular Hbond substituents is 1. The van der Waals surface area contributed by atoms with Crippen LogP contribution < -0.4 is 14.2 Å². The van der Waals surface area contributed by atoms with Crippen molar-refractivity contribution in [3.63, 3.8) is 0 Å². The first kappa shape index (κ1) is 29.8. The minimum atomic E-state index is -0.162. The van der Waals surface area contributed by atoms with Gasteiger partial charge in [0, 0.05) is 49.1 Å². The third kappa shape index (κ3) is 7.34. The maximum absolute atomic E-state index is 13.9. The Morgan fingerprint density at radius 2 is 1.90 bits per heavy atom. The number of benzene rings is 3. The fraction of sp³-hybridized carbons (Fsp3) is 0.375. The fourth-order valence-electron chi connectivity index (χ4n) is 5.17. The maximum Gasteiger partial charge on any atom is 0.141 e. The number of halogens is 1. The van der Waals surface area contributed by atoms with Gasteiger partial charge in [0.05, 0.1) is 25.4 Å². The highest BCUT2D eigenvalue weighted by Gasteiger charge is 2.24. The monoisotopic (exact) mass is 563 g/mol. The molecule has 6 rings (SSSR count). The first-order valence-electron chi connectivity index (χ1n) is 13.7. The number of rotatable bonds is 7. The Bertz CT molecular complexity index is 1380. The zero-order valence-electron chi connectivity index (χ0n) is 23.0. The van der Waals surface area contributed by atoms with Crippen LogP contribution in [0.25, 0.3) is 0 Å². The van der Waals surface area contributed by atoms with E-state index in [1.807, 2.05) is 6.07 Å². The molecule has 0 aromatic heterocycles. The first-order chi connectivity index (χ1) is 20.1. The lowest BCUT2D eigenvalue weighted by Gasteiger charge is -2.15. The van der Waals surface area contributed by atoms with Crippen molar-refractivity contribution >= 4 is 6.29 Å². The normalized spacial score (nSPS) is 17.9. The second-order valence-electron chi connectivity index (χ2n) is 9.81. The summed E-state index contributed by atoms with van der Waals surface area (Å²) in [5.74, 6) is 2.86. The standard InChI is InChI=1S/C20H18FNO3.C11H12O3.CH4O/c21-18-6-7-19(17-3-1-2-16(17)18)24-14-5-4-13(11-22)20(10-14)25-15-8-9-23-12-15;12-5-1-2-8-7-14-11-6-9(13)3-4-10(8)11;1-2/h4-7,10,15H,1-3,8-9,12H2;3-6,8,13H,1-2,7H2;2H,1H3. The van der Waals surface area contributed by atoms with E-state index in [0.29, 0.717) is 55.0 Å². The lowest BCUT2D eigenvalue weighted by molar-refractivity contribution is -0.108. The summed E-state index contributed by atoms with van der Waals surface area (Å²) in [6, 6.07) is 15.6. The molecule has 2 aliphatic heterocycles. The molecule has 3 aromatic carbocycles. The average Bonchev–Trinajstić information content (AvgIpc) is 3.77. The van der Waals surface area contributed by atoms with E-state index in [0.717, 1.165) is 67.9 Å². The number of nitrogens with zero attached hydrogens (tertiary/aromatic N) is 1. The van der Waals surface area contributed by atoms with Gasteiger partial charge < -0.3 is 34.0 Å². The Hall–Kier alpha value is -4.13. The van der Waals surface area contributed by atoms with E-state index in [1.54, 1.807) is 36.4 Å². The molecule has 41 heavy (non-hydrogen) atoms. The Balaban J connectivity index is 0.000000205. The van der Waals surface area contributed by atoms with E-state index in [4.69, 9.17) is 24.1 Å². The van der Waals surface area contributed by atoms with Crippen molar-refractivity contribution in [2.24, 2.45) is 0 Å². The van der Waals surface area contributed by atoms with Crippen molar-refractivity contribution in [2.45, 2.75) is 50.5 Å². The average molecular weight is 564 g/mol. The lowest BCUT2D eigenvalue weighted by Crippen LogP contribution is -2.16. The topological polar surface area (TPSA) is 118 Å². The summed E-state index contributed by atoms with van der Waals surface area (Å²) < 4.78 is 36.5. The lowest BCUT2D eigenvalue weighted by atomic mass is 9.96. The van der Waals surface area contributed by atoms with Crippen molar-refractivity contribution in [3.05, 3.63) is 76.6 Å². The number of aldehydes is 1. The third-order valence-electron chi connectivity index (χ3n) is 7.18. The molecule has 2 heterocycles. The summed E-state index contributed by atoms with van der Waals surface area (Å²) in [6.45, 7) is 1.82. The summed E-state index contributed by atoms with van der Waals surface area (Å²) in [4.78, 5) is 10.2. The molecule has 0 saturated carbocycles. The number of aliphatic hydroxyl groups is 1. The number of carbonyl (C=O) groups excluding carboxylic acids is 1. The smallest absolute Gasteiger partial charge is 0.141 e. The highest BCUT2D eigenvalue weighted by Crippen LogP contribution is 2.39. The molecule has 2 unspecified atom stereocenters. The molecule has 8 nitrogen and oxygen atoms in total. The van der Waals surface area contributed by atoms with Gasteiger partial charge in [-0.1, -0.05) is 6.07 Å². The molecular formula is C32H34FNO7. The van der Waals surface area contributed by atoms with E-state index in [1.165, 1.54) is 6.07 Å². The summed E-state index contributed by atoms with van der Waals surface area (Å²) >= 11 is 0. The van der Waals surface area contributed by atoms with Gasteiger partial charge in [-0.3, -0.25) is 0 Å². The van der Waals surface area contributed by atoms with Gasteiger partial charge in [-0.15, -0.1) is 0 Å². The summed E-state index contributed by atoms with van der Waals surface area (Å²) in [7, 11) is 1.00. The van der Waals surface area contributed by atoms with Crippen molar-refractivity contribution in [3.8, 4) is 34.8 Å². The van der Waals surface area contributed by atoms with Gasteiger partial charge in [0.25, 0.3) is 0 Å². The summed E-state index contributed by atoms with van der Waals surface area (Å²) in [6.07, 6.45) is 5.59. The number of hydrogen-bond acceptors (Lipinski definition) is 8. The van der Waals surface area contributed by atoms with Gasteiger partial charge in [0.1, 0.15) is 53.0 Å². The minimum absolute atomic E-state index is 0.0441. The second-order valence-corrected chi connectivity index (χ2v) is 9.81. The number of aliphatic hydroxyl groups excluding tert-OH is 1. The van der Waals surface area contributed by atoms with Gasteiger partial charge in [0.15, 0.2) is 0 Å². The van der Waals surface area contributed by atoms with E-state index in [9.17, 15) is 19.6 Å². The SMILES string of the molecule is CO.N#Cc1ccc(Oc2ccc(F)c3c2CCC3)cc1OC1CCOC1.O=CCCC1COc2cc(O)ccc21. The van der Waals surface area contributed by atoms with Crippen LogP contribution >= 0.6 is 0 Å². The van der Waals surface area contributed by atoms with E-state index >= 15 is 0 Å². The molecule has 3 aliphatic rings. The van der Waals surface area contributed by atoms with Crippen LogP contribution in [-0.2, 0) is 22.4 Å². The zero-order chi connectivity index (χ0) is 29.2. The van der Waals surface area contributed by atoms with Crippen molar-refractivity contribution in [1.29, 1.82) is 5.26 Å². The quantitative estimate of drug-likeness (QED) is 0.357. The van der Waals surface area contributed by atoms with Crippen LogP contribution in [0.5, 0.6) is 28.7 Å². The predicted octanol–water partition coefficient (Wildman–Crippen LogP) is 5.60. The first-order valence-corrected chi connectivity index (χ1v) is 13.7. The van der Waals surface area contributed by atoms with Gasteiger partial charge in [-0.25, -0.2) is 4.39 Å². The van der Waals surface area contributed by atoms with Crippen LogP contribution in [0.1, 0.15) is 53.9 Å². The molecule has 0 radical (unpaired) electrons. The largest absolute Gasteiger partial charge is 0.508 e. The fourth-order valence-corrected chi connectivity index (χ4v) is 5.17. The number of phenols is 1. The zero-order valence-corrected chi connectivity index (χ0v) is 23.0. The molecule has 0 amide bonds. The Morgan fingerprint density at radius 3 is 2.66 bits per heavy atom. The minimum Gasteiger partial charge on any atom is -0.508 e. The van der Waals surface area contributed by atoms with Crippen LogP contribution in [0.4, 0.5) is 4.39 Å². The van der Waals surface area contributed by atoms with E-state index in [2.05, 4.69) is 6.07 Å². The van der Waals surface area contributed by atoms with Gasteiger partial charge in [0.2, 0.25) is 0 Å². The van der Waals surface area contributed by atoms with Gasteiger partial charge in [-0.05, 0) is 61.6 Å². The molecule has 1 aliphatic carbocycles. The van der Waals surface area contributed by atoms with Crippen molar-refractivity contribution in [2.75, 3.05) is 26.9 Å². The predicted molar refractivity (Wildman–Crippen MR) is 149 cm³/mol. The number of carbonyl (C=O) groups is 1. The van der Waals surface area contributed by atoms with Crippen LogP contribution in [0.2, 0.25) is 0 Å². The van der Waals surface area contributed by atoms with Crippen LogP contribution in [0.15, 0.2) is 48.5 Å². The molecule has 3 aromatic rings. The number of hydrogen-bond donors (Lipinski definition) is 2. The van der Waals surface area contributed by atoms with Crippen LogP contribution in [0, 0.1) is 17.1 Å². The van der Waals surface area contributed by atoms with Crippen LogP contribution in [-0.4, -0.2) is 49.5 Å². The maximum atomic E-state index is 13.9. The Labute approximate surface area is 238 Å². The molecule has 1 saturated heterocycles. The highest BCUT2D eigenvalue weighted by molar-refractivity contribution is 5.52. The molecule has 1 fully saturated rings. The summed E-state index contributed by atoms with van der Waals surface area (Å²) in [5.41, 5.74) is 3.26. The van der Waals surface area contributed by atoms with Crippen molar-refractivity contribution in [1.82, 2.24) is 0 Å². The Kier molecular flexibility index (Phi) is 10.5. The second kappa shape index (κ2) is 14.5. The molecule has 2 atom stereocenters. The number of fused-ring (bicyclic) bond motifs is 2. The number of aromatic hydroxyl groups is 1. The third-order valence-corrected chi connectivity index (χ3v) is 7.18. The van der Waals surface area contributed by atoms with Gasteiger partial charge >= 0.3 is 0 Å². The van der Waals surface area contributed by atoms with Crippen molar-refractivity contribution < 1.29 is 38.3 Å². The Morgan fingerprint density at radius 1 is 1.07 bits per heavy atom. The number of ether oxygens (including phenoxy) is 4. The molecular weight excluding hydrogens is 529 g/mol. The molecule has 9 heteroatoms. The molecule has 2 N–H and O–H groups in total. The number of nitriles is 1. The molecule has 0 spiro atoms. The highest BCUT2D eigenvalue weighted by atomic mass is 19.1.